The molecule has 1 nitrogen and oxygen atoms in total. The van der Waals surface area contributed by atoms with Crippen LogP contribution in [0.1, 0.15) is 10.4 Å². The topological polar surface area (TPSA) is 20.2 Å². The molecule has 0 aliphatic carbocycles. The molecule has 2 aromatic rings. The first-order chi connectivity index (χ1) is 8.56. The minimum atomic E-state index is -0.790. The van der Waals surface area contributed by atoms with E-state index in [1.165, 1.54) is 29.5 Å². The Hall–Kier alpha value is -0.780. The van der Waals surface area contributed by atoms with E-state index >= 15 is 0 Å². The van der Waals surface area contributed by atoms with Crippen LogP contribution in [0.2, 0.25) is 0 Å². The Balaban J connectivity index is 2.05. The molecule has 1 N–H and O–H groups in total. The predicted octanol–water partition coefficient (Wildman–Crippen LogP) is 3.93. The summed E-state index contributed by atoms with van der Waals surface area (Å²) in [6, 6.07) is 5.61. The van der Waals surface area contributed by atoms with E-state index in [4.69, 9.17) is 0 Å². The highest BCUT2D eigenvalue weighted by Gasteiger charge is 2.14. The van der Waals surface area contributed by atoms with Crippen molar-refractivity contribution in [2.45, 2.75) is 18.9 Å². The molecule has 0 aliphatic rings. The molecule has 0 saturated heterocycles. The van der Waals surface area contributed by atoms with Gasteiger partial charge < -0.3 is 5.11 Å². The van der Waals surface area contributed by atoms with E-state index in [0.29, 0.717) is 6.42 Å². The molecule has 1 atom stereocenters. The summed E-state index contributed by atoms with van der Waals surface area (Å²) in [5.41, 5.74) is -0.0550. The van der Waals surface area contributed by atoms with Crippen LogP contribution in [0.5, 0.6) is 0 Å². The third-order valence-electron chi connectivity index (χ3n) is 2.56. The summed E-state index contributed by atoms with van der Waals surface area (Å²) in [6.07, 6.45) is -0.417. The van der Waals surface area contributed by atoms with Crippen LogP contribution < -0.4 is 0 Å². The van der Waals surface area contributed by atoms with Crippen molar-refractivity contribution in [2.75, 3.05) is 0 Å². The molecule has 0 amide bonds. The SMILES string of the molecule is OC(Cc1cc(Br)cs1)Cc1c(F)cccc1F. The van der Waals surface area contributed by atoms with Gasteiger partial charge in [-0.25, -0.2) is 8.78 Å². The highest BCUT2D eigenvalue weighted by atomic mass is 79.9. The Morgan fingerprint density at radius 3 is 2.44 bits per heavy atom. The molecular weight excluding hydrogens is 322 g/mol. The quantitative estimate of drug-likeness (QED) is 0.899. The summed E-state index contributed by atoms with van der Waals surface area (Å²) in [5, 5.41) is 11.8. The second kappa shape index (κ2) is 5.91. The van der Waals surface area contributed by atoms with Crippen LogP contribution >= 0.6 is 27.3 Å². The summed E-state index contributed by atoms with van der Waals surface area (Å²) in [5.74, 6) is -1.22. The van der Waals surface area contributed by atoms with E-state index in [1.54, 1.807) is 0 Å². The lowest BCUT2D eigenvalue weighted by molar-refractivity contribution is 0.173. The van der Waals surface area contributed by atoms with Gasteiger partial charge in [0.15, 0.2) is 0 Å². The zero-order valence-corrected chi connectivity index (χ0v) is 11.8. The lowest BCUT2D eigenvalue weighted by Crippen LogP contribution is -2.15. The molecule has 2 rings (SSSR count). The van der Waals surface area contributed by atoms with Gasteiger partial charge in [0.05, 0.1) is 6.10 Å². The van der Waals surface area contributed by atoms with Gasteiger partial charge in [-0.1, -0.05) is 6.07 Å². The third-order valence-corrected chi connectivity index (χ3v) is 4.28. The Morgan fingerprint density at radius 1 is 1.22 bits per heavy atom. The lowest BCUT2D eigenvalue weighted by Gasteiger charge is -2.10. The van der Waals surface area contributed by atoms with E-state index < -0.39 is 17.7 Å². The third kappa shape index (κ3) is 3.37. The summed E-state index contributed by atoms with van der Waals surface area (Å²) >= 11 is 4.82. The number of benzene rings is 1. The zero-order chi connectivity index (χ0) is 13.1. The van der Waals surface area contributed by atoms with Crippen molar-refractivity contribution in [3.63, 3.8) is 0 Å². The molecule has 5 heteroatoms. The van der Waals surface area contributed by atoms with Crippen molar-refractivity contribution in [3.05, 3.63) is 56.2 Å². The summed E-state index contributed by atoms with van der Waals surface area (Å²) < 4.78 is 27.7. The van der Waals surface area contributed by atoms with Gasteiger partial charge in [0.2, 0.25) is 0 Å². The Labute approximate surface area is 116 Å². The van der Waals surface area contributed by atoms with Gasteiger partial charge in [-0.2, -0.15) is 0 Å². The van der Waals surface area contributed by atoms with E-state index in [2.05, 4.69) is 15.9 Å². The number of aliphatic hydroxyl groups excluding tert-OH is 1. The van der Waals surface area contributed by atoms with E-state index in [0.717, 1.165) is 9.35 Å². The number of halogens is 3. The average molecular weight is 333 g/mol. The number of thiophene rings is 1. The van der Waals surface area contributed by atoms with Crippen molar-refractivity contribution < 1.29 is 13.9 Å². The molecule has 1 unspecified atom stereocenters. The maximum Gasteiger partial charge on any atom is 0.129 e. The largest absolute Gasteiger partial charge is 0.392 e. The normalized spacial score (nSPS) is 12.7. The smallest absolute Gasteiger partial charge is 0.129 e. The molecular formula is C13H11BrF2OS. The molecule has 1 heterocycles. The molecule has 0 bridgehead atoms. The molecule has 1 aromatic carbocycles. The Kier molecular flexibility index (Phi) is 4.48. The van der Waals surface area contributed by atoms with Crippen LogP contribution in [-0.4, -0.2) is 11.2 Å². The van der Waals surface area contributed by atoms with Crippen LogP contribution in [-0.2, 0) is 12.8 Å². The van der Waals surface area contributed by atoms with Gasteiger partial charge in [-0.15, -0.1) is 11.3 Å². The number of hydrogen-bond donors (Lipinski definition) is 1. The standard InChI is InChI=1S/C13H11BrF2OS/c14-8-4-10(18-7-8)5-9(17)6-11-12(15)2-1-3-13(11)16/h1-4,7,9,17H,5-6H2. The Bertz CT molecular complexity index is 521. The Morgan fingerprint density at radius 2 is 1.89 bits per heavy atom. The molecule has 18 heavy (non-hydrogen) atoms. The van der Waals surface area contributed by atoms with Crippen molar-refractivity contribution in [1.82, 2.24) is 0 Å². The minimum absolute atomic E-state index is 0.0198. The minimum Gasteiger partial charge on any atom is -0.392 e. The van der Waals surface area contributed by atoms with Crippen LogP contribution in [0, 0.1) is 11.6 Å². The fraction of sp³-hybridized carbons (Fsp3) is 0.231. The number of aliphatic hydroxyl groups is 1. The first kappa shape index (κ1) is 13.6. The lowest BCUT2D eigenvalue weighted by atomic mass is 10.0. The van der Waals surface area contributed by atoms with Gasteiger partial charge in [-0.3, -0.25) is 0 Å². The molecule has 1 aromatic heterocycles. The molecule has 0 spiro atoms. The predicted molar refractivity (Wildman–Crippen MR) is 71.8 cm³/mol. The highest BCUT2D eigenvalue weighted by molar-refractivity contribution is 9.10. The first-order valence-electron chi connectivity index (χ1n) is 5.40. The van der Waals surface area contributed by atoms with Crippen molar-refractivity contribution >= 4 is 27.3 Å². The van der Waals surface area contributed by atoms with Crippen molar-refractivity contribution in [2.24, 2.45) is 0 Å². The van der Waals surface area contributed by atoms with E-state index in [9.17, 15) is 13.9 Å². The van der Waals surface area contributed by atoms with Crippen LogP contribution in [0.25, 0.3) is 0 Å². The van der Waals surface area contributed by atoms with Crippen molar-refractivity contribution in [3.8, 4) is 0 Å². The molecule has 0 fully saturated rings. The van der Waals surface area contributed by atoms with Gasteiger partial charge in [0.1, 0.15) is 11.6 Å². The molecule has 0 aliphatic heterocycles. The molecule has 96 valence electrons. The van der Waals surface area contributed by atoms with Crippen molar-refractivity contribution in [1.29, 1.82) is 0 Å². The number of rotatable bonds is 4. The van der Waals surface area contributed by atoms with Crippen LogP contribution in [0.15, 0.2) is 34.1 Å². The summed E-state index contributed by atoms with van der Waals surface area (Å²) in [7, 11) is 0. The maximum atomic E-state index is 13.4. The molecule has 0 saturated carbocycles. The molecule has 0 radical (unpaired) electrons. The first-order valence-corrected chi connectivity index (χ1v) is 7.07. The highest BCUT2D eigenvalue weighted by Crippen LogP contribution is 2.22. The van der Waals surface area contributed by atoms with E-state index in [1.807, 2.05) is 11.4 Å². The zero-order valence-electron chi connectivity index (χ0n) is 9.37. The van der Waals surface area contributed by atoms with Gasteiger partial charge in [-0.05, 0) is 34.1 Å². The second-order valence-electron chi connectivity index (χ2n) is 3.99. The van der Waals surface area contributed by atoms with Gasteiger partial charge in [0.25, 0.3) is 0 Å². The van der Waals surface area contributed by atoms with Gasteiger partial charge >= 0.3 is 0 Å². The summed E-state index contributed by atoms with van der Waals surface area (Å²) in [6.45, 7) is 0. The summed E-state index contributed by atoms with van der Waals surface area (Å²) in [4.78, 5) is 0.978. The van der Waals surface area contributed by atoms with Crippen LogP contribution in [0.3, 0.4) is 0 Å². The number of hydrogen-bond acceptors (Lipinski definition) is 2. The fourth-order valence-electron chi connectivity index (χ4n) is 1.73. The second-order valence-corrected chi connectivity index (χ2v) is 5.90. The maximum absolute atomic E-state index is 13.4. The average Bonchev–Trinajstić information content (AvgIpc) is 2.69. The monoisotopic (exact) mass is 332 g/mol. The van der Waals surface area contributed by atoms with Gasteiger partial charge in [0, 0.05) is 33.1 Å². The fourth-order valence-corrected chi connectivity index (χ4v) is 3.25. The van der Waals surface area contributed by atoms with E-state index in [-0.39, 0.29) is 12.0 Å². The van der Waals surface area contributed by atoms with Crippen LogP contribution in [0.4, 0.5) is 8.78 Å².